The van der Waals surface area contributed by atoms with Gasteiger partial charge in [0.1, 0.15) is 11.3 Å². The molecule has 7 heteroatoms. The average Bonchev–Trinajstić information content (AvgIpc) is 2.75. The third kappa shape index (κ3) is 3.85. The molecule has 0 radical (unpaired) electrons. The van der Waals surface area contributed by atoms with Crippen LogP contribution in [0.4, 0.5) is 10.5 Å². The van der Waals surface area contributed by atoms with E-state index in [1.807, 2.05) is 0 Å². The van der Waals surface area contributed by atoms with Crippen molar-refractivity contribution in [3.63, 3.8) is 0 Å². The number of hydrogen-bond donors (Lipinski definition) is 3. The van der Waals surface area contributed by atoms with Gasteiger partial charge < -0.3 is 25.4 Å². The average molecular weight is 293 g/mol. The van der Waals surface area contributed by atoms with Crippen LogP contribution in [0, 0.1) is 0 Å². The molecule has 2 rings (SSSR count). The molecule has 0 aromatic heterocycles. The number of carbonyl (C=O) groups excluding carboxylic acids is 1. The van der Waals surface area contributed by atoms with E-state index in [-0.39, 0.29) is 17.3 Å². The quantitative estimate of drug-likeness (QED) is 0.779. The Hall–Kier alpha value is -2.28. The molecular weight excluding hydrogens is 274 g/mol. The number of benzene rings is 1. The lowest BCUT2D eigenvalue weighted by Gasteiger charge is -2.20. The van der Waals surface area contributed by atoms with E-state index < -0.39 is 5.97 Å². The summed E-state index contributed by atoms with van der Waals surface area (Å²) in [6, 6.07) is 4.29. The maximum atomic E-state index is 12.2. The van der Waals surface area contributed by atoms with Crippen molar-refractivity contribution in [3.05, 3.63) is 23.8 Å². The molecule has 1 aliphatic heterocycles. The number of carboxylic acids is 1. The minimum Gasteiger partial charge on any atom is -0.496 e. The number of methoxy groups -OCH3 is 1. The van der Waals surface area contributed by atoms with Crippen molar-refractivity contribution in [2.75, 3.05) is 38.6 Å². The molecular formula is C14H19N3O4. The highest BCUT2D eigenvalue weighted by atomic mass is 16.5. The lowest BCUT2D eigenvalue weighted by molar-refractivity contribution is 0.0693. The van der Waals surface area contributed by atoms with Crippen molar-refractivity contribution >= 4 is 17.7 Å². The zero-order valence-electron chi connectivity index (χ0n) is 11.9. The standard InChI is InChI=1S/C14H19N3O4/c1-21-12-9-10(3-4-11(12)13(18)19)16-14(20)17-7-2-5-15-6-8-17/h3-4,9,15H,2,5-8H2,1H3,(H,16,20)(H,18,19). The van der Waals surface area contributed by atoms with E-state index in [0.29, 0.717) is 18.8 Å². The third-order valence-electron chi connectivity index (χ3n) is 3.31. The summed E-state index contributed by atoms with van der Waals surface area (Å²) in [5.74, 6) is -0.846. The van der Waals surface area contributed by atoms with Crippen LogP contribution in [0.1, 0.15) is 16.8 Å². The van der Waals surface area contributed by atoms with Crippen LogP contribution in [-0.2, 0) is 0 Å². The van der Waals surface area contributed by atoms with Gasteiger partial charge in [-0.15, -0.1) is 0 Å². The van der Waals surface area contributed by atoms with E-state index in [1.54, 1.807) is 11.0 Å². The number of carbonyl (C=O) groups is 2. The Kier molecular flexibility index (Phi) is 4.99. The first-order chi connectivity index (χ1) is 10.1. The van der Waals surface area contributed by atoms with Crippen LogP contribution in [0.3, 0.4) is 0 Å². The maximum absolute atomic E-state index is 12.2. The fourth-order valence-corrected chi connectivity index (χ4v) is 2.20. The molecule has 114 valence electrons. The number of amides is 2. The Morgan fingerprint density at radius 1 is 1.33 bits per heavy atom. The minimum atomic E-state index is -1.07. The molecule has 0 unspecified atom stereocenters. The molecule has 1 saturated heterocycles. The lowest BCUT2D eigenvalue weighted by Crippen LogP contribution is -2.37. The van der Waals surface area contributed by atoms with Gasteiger partial charge in [-0.1, -0.05) is 0 Å². The zero-order valence-corrected chi connectivity index (χ0v) is 11.9. The molecule has 1 fully saturated rings. The second kappa shape index (κ2) is 6.94. The van der Waals surface area contributed by atoms with Crippen LogP contribution >= 0.6 is 0 Å². The number of anilines is 1. The van der Waals surface area contributed by atoms with Crippen LogP contribution in [0.2, 0.25) is 0 Å². The van der Waals surface area contributed by atoms with Crippen molar-refractivity contribution in [1.82, 2.24) is 10.2 Å². The fraction of sp³-hybridized carbons (Fsp3) is 0.429. The molecule has 0 aliphatic carbocycles. The first-order valence-electron chi connectivity index (χ1n) is 6.80. The van der Waals surface area contributed by atoms with Crippen molar-refractivity contribution in [2.24, 2.45) is 0 Å². The summed E-state index contributed by atoms with van der Waals surface area (Å²) in [7, 11) is 1.40. The molecule has 1 aliphatic rings. The first-order valence-corrected chi connectivity index (χ1v) is 6.80. The second-order valence-electron chi connectivity index (χ2n) is 4.74. The van der Waals surface area contributed by atoms with E-state index >= 15 is 0 Å². The molecule has 3 N–H and O–H groups in total. The molecule has 7 nitrogen and oxygen atoms in total. The van der Waals surface area contributed by atoms with Crippen LogP contribution in [0.5, 0.6) is 5.75 Å². The molecule has 0 atom stereocenters. The molecule has 1 aromatic carbocycles. The maximum Gasteiger partial charge on any atom is 0.339 e. The van der Waals surface area contributed by atoms with E-state index in [1.165, 1.54) is 19.2 Å². The predicted molar refractivity (Wildman–Crippen MR) is 78.0 cm³/mol. The van der Waals surface area contributed by atoms with Gasteiger partial charge in [0, 0.05) is 31.4 Å². The Labute approximate surface area is 122 Å². The Bertz CT molecular complexity index is 525. The topological polar surface area (TPSA) is 90.9 Å². The smallest absolute Gasteiger partial charge is 0.339 e. The van der Waals surface area contributed by atoms with Crippen LogP contribution in [0.25, 0.3) is 0 Å². The number of nitrogens with zero attached hydrogens (tertiary/aromatic N) is 1. The van der Waals surface area contributed by atoms with E-state index in [9.17, 15) is 9.59 Å². The Morgan fingerprint density at radius 2 is 2.14 bits per heavy atom. The molecule has 0 bridgehead atoms. The third-order valence-corrected chi connectivity index (χ3v) is 3.31. The summed E-state index contributed by atoms with van der Waals surface area (Å²) >= 11 is 0. The van der Waals surface area contributed by atoms with Crippen molar-refractivity contribution in [2.45, 2.75) is 6.42 Å². The molecule has 0 saturated carbocycles. The Balaban J connectivity index is 2.08. The van der Waals surface area contributed by atoms with Gasteiger partial charge in [0.15, 0.2) is 0 Å². The zero-order chi connectivity index (χ0) is 15.2. The summed E-state index contributed by atoms with van der Waals surface area (Å²) < 4.78 is 5.04. The minimum absolute atomic E-state index is 0.0643. The van der Waals surface area contributed by atoms with Gasteiger partial charge in [-0.25, -0.2) is 9.59 Å². The van der Waals surface area contributed by atoms with Gasteiger partial charge in [0.2, 0.25) is 0 Å². The number of urea groups is 1. The summed E-state index contributed by atoms with van der Waals surface area (Å²) in [5, 5.41) is 15.0. The lowest BCUT2D eigenvalue weighted by atomic mass is 10.2. The molecule has 1 aromatic rings. The van der Waals surface area contributed by atoms with Crippen LogP contribution in [-0.4, -0.2) is 55.3 Å². The highest BCUT2D eigenvalue weighted by Crippen LogP contribution is 2.23. The van der Waals surface area contributed by atoms with Gasteiger partial charge in [-0.05, 0) is 25.1 Å². The van der Waals surface area contributed by atoms with Crippen molar-refractivity contribution < 1.29 is 19.4 Å². The summed E-state index contributed by atoms with van der Waals surface area (Å²) in [6.07, 6.45) is 0.911. The summed E-state index contributed by atoms with van der Waals surface area (Å²) in [6.45, 7) is 3.03. The number of carboxylic acid groups (broad SMARTS) is 1. The molecule has 21 heavy (non-hydrogen) atoms. The fourth-order valence-electron chi connectivity index (χ4n) is 2.20. The van der Waals surface area contributed by atoms with E-state index in [0.717, 1.165) is 19.5 Å². The van der Waals surface area contributed by atoms with Gasteiger partial charge in [-0.3, -0.25) is 0 Å². The largest absolute Gasteiger partial charge is 0.496 e. The molecule has 2 amide bonds. The first kappa shape index (κ1) is 15.1. The van der Waals surface area contributed by atoms with Gasteiger partial charge in [-0.2, -0.15) is 0 Å². The highest BCUT2D eigenvalue weighted by molar-refractivity contribution is 5.94. The SMILES string of the molecule is COc1cc(NC(=O)N2CCCNCC2)ccc1C(=O)O. The summed E-state index contributed by atoms with van der Waals surface area (Å²) in [4.78, 5) is 24.9. The highest BCUT2D eigenvalue weighted by Gasteiger charge is 2.17. The van der Waals surface area contributed by atoms with Crippen LogP contribution in [0.15, 0.2) is 18.2 Å². The normalized spacial score (nSPS) is 15.2. The van der Waals surface area contributed by atoms with Gasteiger partial charge >= 0.3 is 12.0 Å². The Morgan fingerprint density at radius 3 is 2.86 bits per heavy atom. The van der Waals surface area contributed by atoms with Gasteiger partial charge in [0.25, 0.3) is 0 Å². The van der Waals surface area contributed by atoms with E-state index in [2.05, 4.69) is 10.6 Å². The number of nitrogens with one attached hydrogen (secondary N) is 2. The number of rotatable bonds is 3. The molecule has 1 heterocycles. The predicted octanol–water partition coefficient (Wildman–Crippen LogP) is 1.22. The number of ether oxygens (including phenoxy) is 1. The summed E-state index contributed by atoms with van der Waals surface area (Å²) in [5.41, 5.74) is 0.577. The van der Waals surface area contributed by atoms with Crippen LogP contribution < -0.4 is 15.4 Å². The van der Waals surface area contributed by atoms with Crippen molar-refractivity contribution in [3.8, 4) is 5.75 Å². The second-order valence-corrected chi connectivity index (χ2v) is 4.74. The van der Waals surface area contributed by atoms with Gasteiger partial charge in [0.05, 0.1) is 7.11 Å². The number of hydrogen-bond acceptors (Lipinski definition) is 4. The monoisotopic (exact) mass is 293 g/mol. The molecule has 0 spiro atoms. The van der Waals surface area contributed by atoms with E-state index in [4.69, 9.17) is 9.84 Å². The van der Waals surface area contributed by atoms with Crippen molar-refractivity contribution in [1.29, 1.82) is 0 Å². The number of aromatic carboxylic acids is 1.